The van der Waals surface area contributed by atoms with Crippen LogP contribution in [-0.2, 0) is 11.2 Å². The summed E-state index contributed by atoms with van der Waals surface area (Å²) in [5.74, 6) is 0.653. The molecule has 0 aliphatic carbocycles. The summed E-state index contributed by atoms with van der Waals surface area (Å²) in [4.78, 5) is 11.8. The molecule has 0 unspecified atom stereocenters. The van der Waals surface area contributed by atoms with Gasteiger partial charge in [0.2, 0.25) is 5.91 Å². The van der Waals surface area contributed by atoms with E-state index in [4.69, 9.17) is 5.73 Å². The van der Waals surface area contributed by atoms with Crippen LogP contribution in [0.4, 0.5) is 5.69 Å². The Bertz CT molecular complexity index is 410. The molecular formula is C13H20N2O2S. The molecule has 100 valence electrons. The number of phenols is 1. The molecule has 1 rings (SSSR count). The van der Waals surface area contributed by atoms with Gasteiger partial charge in [-0.05, 0) is 42.5 Å². The zero-order valence-electron chi connectivity index (χ0n) is 10.8. The van der Waals surface area contributed by atoms with Gasteiger partial charge >= 0.3 is 0 Å². The lowest BCUT2D eigenvalue weighted by Gasteiger charge is -2.13. The first-order chi connectivity index (χ1) is 8.58. The summed E-state index contributed by atoms with van der Waals surface area (Å²) >= 11 is 1.65. The zero-order valence-corrected chi connectivity index (χ0v) is 11.6. The average Bonchev–Trinajstić information content (AvgIpc) is 2.38. The standard InChI is InChI=1S/C13H20N2O2S/c1-3-9-4-5-12(16)11(8-9)15-13(17)10(14)6-7-18-2/h4-5,8,10,16H,3,6-7,14H2,1-2H3,(H,15,17)/t10-/m0/s1. The van der Waals surface area contributed by atoms with E-state index in [9.17, 15) is 9.90 Å². The fraction of sp³-hybridized carbons (Fsp3) is 0.462. The van der Waals surface area contributed by atoms with E-state index >= 15 is 0 Å². The Balaban J connectivity index is 2.68. The number of rotatable bonds is 6. The predicted octanol–water partition coefficient (Wildman–Crippen LogP) is 1.97. The van der Waals surface area contributed by atoms with Crippen LogP contribution in [0.5, 0.6) is 5.75 Å². The van der Waals surface area contributed by atoms with Crippen LogP contribution in [0.2, 0.25) is 0 Å². The highest BCUT2D eigenvalue weighted by atomic mass is 32.2. The van der Waals surface area contributed by atoms with Crippen molar-refractivity contribution in [3.63, 3.8) is 0 Å². The maximum Gasteiger partial charge on any atom is 0.241 e. The molecule has 0 aliphatic heterocycles. The van der Waals surface area contributed by atoms with Gasteiger partial charge in [-0.15, -0.1) is 0 Å². The number of amides is 1. The highest BCUT2D eigenvalue weighted by Gasteiger charge is 2.14. The molecular weight excluding hydrogens is 248 g/mol. The topological polar surface area (TPSA) is 75.3 Å². The molecule has 1 amide bonds. The zero-order chi connectivity index (χ0) is 13.5. The third-order valence-corrected chi connectivity index (χ3v) is 3.34. The third-order valence-electron chi connectivity index (χ3n) is 2.70. The van der Waals surface area contributed by atoms with Crippen molar-refractivity contribution in [1.82, 2.24) is 0 Å². The van der Waals surface area contributed by atoms with Gasteiger partial charge in [0.15, 0.2) is 0 Å². The maximum absolute atomic E-state index is 11.8. The molecule has 0 fully saturated rings. The quantitative estimate of drug-likeness (QED) is 0.690. The van der Waals surface area contributed by atoms with Gasteiger partial charge in [0.25, 0.3) is 0 Å². The lowest BCUT2D eigenvalue weighted by molar-refractivity contribution is -0.117. The van der Waals surface area contributed by atoms with E-state index < -0.39 is 6.04 Å². The van der Waals surface area contributed by atoms with Gasteiger partial charge in [-0.25, -0.2) is 0 Å². The van der Waals surface area contributed by atoms with Gasteiger partial charge in [0.1, 0.15) is 5.75 Å². The molecule has 0 radical (unpaired) electrons. The smallest absolute Gasteiger partial charge is 0.241 e. The molecule has 1 atom stereocenters. The van der Waals surface area contributed by atoms with Crippen molar-refractivity contribution in [2.24, 2.45) is 5.73 Å². The Morgan fingerprint density at radius 3 is 2.89 bits per heavy atom. The maximum atomic E-state index is 11.8. The Morgan fingerprint density at radius 1 is 1.56 bits per heavy atom. The second-order valence-corrected chi connectivity index (χ2v) is 5.07. The lowest BCUT2D eigenvalue weighted by atomic mass is 10.1. The fourth-order valence-corrected chi connectivity index (χ4v) is 1.99. The molecule has 5 heteroatoms. The van der Waals surface area contributed by atoms with E-state index in [1.165, 1.54) is 0 Å². The number of nitrogens with two attached hydrogens (primary N) is 1. The van der Waals surface area contributed by atoms with Crippen LogP contribution in [0.15, 0.2) is 18.2 Å². The minimum absolute atomic E-state index is 0.0672. The van der Waals surface area contributed by atoms with Crippen molar-refractivity contribution in [3.05, 3.63) is 23.8 Å². The van der Waals surface area contributed by atoms with Gasteiger partial charge in [-0.2, -0.15) is 11.8 Å². The first-order valence-electron chi connectivity index (χ1n) is 5.95. The summed E-state index contributed by atoms with van der Waals surface area (Å²) in [6.45, 7) is 2.02. The van der Waals surface area contributed by atoms with Crippen molar-refractivity contribution < 1.29 is 9.90 Å². The van der Waals surface area contributed by atoms with Crippen molar-refractivity contribution in [3.8, 4) is 5.75 Å². The number of benzene rings is 1. The molecule has 4 nitrogen and oxygen atoms in total. The number of hydrogen-bond donors (Lipinski definition) is 3. The number of hydrogen-bond acceptors (Lipinski definition) is 4. The van der Waals surface area contributed by atoms with Crippen LogP contribution in [-0.4, -0.2) is 29.1 Å². The minimum Gasteiger partial charge on any atom is -0.506 e. The van der Waals surface area contributed by atoms with Gasteiger partial charge in [0, 0.05) is 0 Å². The number of phenolic OH excluding ortho intramolecular Hbond substituents is 1. The summed E-state index contributed by atoms with van der Waals surface area (Å²) in [5, 5.41) is 12.3. The monoisotopic (exact) mass is 268 g/mol. The van der Waals surface area contributed by atoms with Crippen LogP contribution in [0.1, 0.15) is 18.9 Å². The number of aromatic hydroxyl groups is 1. The summed E-state index contributed by atoms with van der Waals surface area (Å²) < 4.78 is 0. The highest BCUT2D eigenvalue weighted by molar-refractivity contribution is 7.98. The van der Waals surface area contributed by atoms with E-state index in [-0.39, 0.29) is 11.7 Å². The summed E-state index contributed by atoms with van der Waals surface area (Å²) in [6, 6.07) is 4.65. The van der Waals surface area contributed by atoms with Gasteiger partial charge in [0.05, 0.1) is 11.7 Å². The second kappa shape index (κ2) is 7.28. The van der Waals surface area contributed by atoms with Crippen molar-refractivity contribution in [2.75, 3.05) is 17.3 Å². The van der Waals surface area contributed by atoms with E-state index in [0.717, 1.165) is 17.7 Å². The predicted molar refractivity (Wildman–Crippen MR) is 77.1 cm³/mol. The number of nitrogens with one attached hydrogen (secondary N) is 1. The molecule has 0 saturated heterocycles. The summed E-state index contributed by atoms with van der Waals surface area (Å²) in [5.41, 5.74) is 7.25. The number of anilines is 1. The van der Waals surface area contributed by atoms with Crippen LogP contribution in [0.3, 0.4) is 0 Å². The second-order valence-electron chi connectivity index (χ2n) is 4.08. The van der Waals surface area contributed by atoms with Gasteiger partial charge in [-0.3, -0.25) is 4.79 Å². The Labute approximate surface area is 112 Å². The molecule has 0 saturated carbocycles. The van der Waals surface area contributed by atoms with E-state index in [2.05, 4.69) is 5.32 Å². The van der Waals surface area contributed by atoms with Crippen LogP contribution < -0.4 is 11.1 Å². The third kappa shape index (κ3) is 4.23. The van der Waals surface area contributed by atoms with Gasteiger partial charge in [-0.1, -0.05) is 13.0 Å². The Hall–Kier alpha value is -1.20. The van der Waals surface area contributed by atoms with Crippen molar-refractivity contribution >= 4 is 23.4 Å². The SMILES string of the molecule is CCc1ccc(O)c(NC(=O)[C@@H](N)CCSC)c1. The van der Waals surface area contributed by atoms with Crippen LogP contribution in [0, 0.1) is 0 Å². The molecule has 0 aliphatic rings. The molecule has 0 spiro atoms. The molecule has 0 bridgehead atoms. The van der Waals surface area contributed by atoms with E-state index in [1.54, 1.807) is 23.9 Å². The normalized spacial score (nSPS) is 12.2. The Kier molecular flexibility index (Phi) is 6.01. The lowest BCUT2D eigenvalue weighted by Crippen LogP contribution is -2.36. The Morgan fingerprint density at radius 2 is 2.28 bits per heavy atom. The largest absolute Gasteiger partial charge is 0.506 e. The number of carbonyl (C=O) groups excluding carboxylic acids is 1. The minimum atomic E-state index is -0.540. The molecule has 4 N–H and O–H groups in total. The highest BCUT2D eigenvalue weighted by Crippen LogP contribution is 2.24. The number of carbonyl (C=O) groups is 1. The number of thioether (sulfide) groups is 1. The molecule has 1 aromatic rings. The summed E-state index contributed by atoms with van der Waals surface area (Å²) in [7, 11) is 0. The number of aryl methyl sites for hydroxylation is 1. The van der Waals surface area contributed by atoms with Crippen LogP contribution >= 0.6 is 11.8 Å². The first-order valence-corrected chi connectivity index (χ1v) is 7.35. The molecule has 1 aromatic carbocycles. The molecule has 0 aromatic heterocycles. The van der Waals surface area contributed by atoms with Gasteiger partial charge < -0.3 is 16.2 Å². The average molecular weight is 268 g/mol. The fourth-order valence-electron chi connectivity index (χ4n) is 1.50. The summed E-state index contributed by atoms with van der Waals surface area (Å²) in [6.07, 6.45) is 3.45. The van der Waals surface area contributed by atoms with Crippen molar-refractivity contribution in [2.45, 2.75) is 25.8 Å². The van der Waals surface area contributed by atoms with Crippen LogP contribution in [0.25, 0.3) is 0 Å². The van der Waals surface area contributed by atoms with E-state index in [0.29, 0.717) is 12.1 Å². The van der Waals surface area contributed by atoms with Crippen molar-refractivity contribution in [1.29, 1.82) is 0 Å². The molecule has 0 heterocycles. The molecule has 18 heavy (non-hydrogen) atoms. The van der Waals surface area contributed by atoms with E-state index in [1.807, 2.05) is 19.2 Å². The first kappa shape index (κ1) is 14.9.